The molecule has 0 bridgehead atoms. The molecule has 1 aromatic carbocycles. The Morgan fingerprint density at radius 2 is 2.11 bits per heavy atom. The minimum Gasteiger partial charge on any atom is -0.481 e. The van der Waals surface area contributed by atoms with Gasteiger partial charge >= 0.3 is 5.97 Å². The van der Waals surface area contributed by atoms with Gasteiger partial charge in [0.25, 0.3) is 5.91 Å². The second-order valence-electron chi connectivity index (χ2n) is 4.58. The van der Waals surface area contributed by atoms with Crippen molar-refractivity contribution in [3.05, 3.63) is 47.3 Å². The highest BCUT2D eigenvalue weighted by Crippen LogP contribution is 2.19. The van der Waals surface area contributed by atoms with Crippen molar-refractivity contribution in [2.75, 3.05) is 0 Å². The molecule has 0 radical (unpaired) electrons. The summed E-state index contributed by atoms with van der Waals surface area (Å²) < 4.78 is 13.8. The molecule has 0 saturated heterocycles. The van der Waals surface area contributed by atoms with Gasteiger partial charge in [-0.3, -0.25) is 9.59 Å². The second kappa shape index (κ2) is 5.22. The van der Waals surface area contributed by atoms with Gasteiger partial charge < -0.3 is 10.4 Å². The summed E-state index contributed by atoms with van der Waals surface area (Å²) in [6, 6.07) is 4.23. The van der Waals surface area contributed by atoms with Gasteiger partial charge in [0.05, 0.1) is 11.5 Å². The van der Waals surface area contributed by atoms with Crippen molar-refractivity contribution in [2.45, 2.75) is 19.4 Å². The molecule has 0 spiro atoms. The highest BCUT2D eigenvalue weighted by molar-refractivity contribution is 5.95. The zero-order valence-corrected chi connectivity index (χ0v) is 10.4. The van der Waals surface area contributed by atoms with Crippen molar-refractivity contribution in [1.82, 2.24) is 5.32 Å². The average molecular weight is 263 g/mol. The van der Waals surface area contributed by atoms with E-state index >= 15 is 0 Å². The number of hydrogen-bond donors (Lipinski definition) is 2. The molecule has 1 aliphatic rings. The van der Waals surface area contributed by atoms with Crippen molar-refractivity contribution in [3.8, 4) is 0 Å². The van der Waals surface area contributed by atoms with Crippen LogP contribution in [0.2, 0.25) is 0 Å². The standard InChI is InChI=1S/C14H14FNO3/c1-8-3-2-4-11(12(8)15)13(17)16-10-6-5-9(7-10)14(18)19/h2-6,9-10H,7H2,1H3,(H,16,17)(H,18,19). The molecule has 2 N–H and O–H groups in total. The van der Waals surface area contributed by atoms with Crippen molar-refractivity contribution >= 4 is 11.9 Å². The van der Waals surface area contributed by atoms with Gasteiger partial charge in [-0.1, -0.05) is 24.3 Å². The molecule has 2 rings (SSSR count). The number of amides is 1. The van der Waals surface area contributed by atoms with Gasteiger partial charge in [0, 0.05) is 6.04 Å². The van der Waals surface area contributed by atoms with E-state index in [-0.39, 0.29) is 11.6 Å². The topological polar surface area (TPSA) is 66.4 Å². The van der Waals surface area contributed by atoms with E-state index in [1.54, 1.807) is 31.2 Å². The first kappa shape index (κ1) is 13.3. The van der Waals surface area contributed by atoms with Crippen LogP contribution in [0.5, 0.6) is 0 Å². The Balaban J connectivity index is 2.05. The normalized spacial score (nSPS) is 21.4. The number of rotatable bonds is 3. The van der Waals surface area contributed by atoms with Crippen molar-refractivity contribution < 1.29 is 19.1 Å². The van der Waals surface area contributed by atoms with Crippen LogP contribution in [0.4, 0.5) is 4.39 Å². The summed E-state index contributed by atoms with van der Waals surface area (Å²) in [5, 5.41) is 11.5. The van der Waals surface area contributed by atoms with E-state index in [2.05, 4.69) is 5.32 Å². The van der Waals surface area contributed by atoms with Crippen molar-refractivity contribution in [3.63, 3.8) is 0 Å². The zero-order chi connectivity index (χ0) is 14.0. The highest BCUT2D eigenvalue weighted by Gasteiger charge is 2.26. The molecule has 1 aliphatic carbocycles. The molecule has 1 amide bonds. The van der Waals surface area contributed by atoms with Crippen LogP contribution >= 0.6 is 0 Å². The quantitative estimate of drug-likeness (QED) is 0.818. The molecule has 100 valence electrons. The first-order valence-electron chi connectivity index (χ1n) is 5.96. The molecule has 2 atom stereocenters. The van der Waals surface area contributed by atoms with Gasteiger partial charge in [-0.05, 0) is 25.0 Å². The third-order valence-electron chi connectivity index (χ3n) is 3.15. The van der Waals surface area contributed by atoms with Crippen LogP contribution in [0.3, 0.4) is 0 Å². The summed E-state index contributed by atoms with van der Waals surface area (Å²) in [6.07, 6.45) is 3.47. The lowest BCUT2D eigenvalue weighted by Crippen LogP contribution is -2.33. The Morgan fingerprint density at radius 1 is 1.37 bits per heavy atom. The third kappa shape index (κ3) is 2.81. The van der Waals surface area contributed by atoms with E-state index in [1.807, 2.05) is 0 Å². The molecule has 0 saturated carbocycles. The maximum Gasteiger partial charge on any atom is 0.310 e. The SMILES string of the molecule is Cc1cccc(C(=O)NC2C=CC(C(=O)O)C2)c1F. The van der Waals surface area contributed by atoms with E-state index in [9.17, 15) is 14.0 Å². The van der Waals surface area contributed by atoms with Crippen LogP contribution in [-0.4, -0.2) is 23.0 Å². The van der Waals surface area contributed by atoms with Crippen LogP contribution in [-0.2, 0) is 4.79 Å². The molecule has 2 unspecified atom stereocenters. The Bertz CT molecular complexity index is 554. The molecule has 0 fully saturated rings. The summed E-state index contributed by atoms with van der Waals surface area (Å²) >= 11 is 0. The Morgan fingerprint density at radius 3 is 2.74 bits per heavy atom. The van der Waals surface area contributed by atoms with Gasteiger partial charge in [-0.25, -0.2) is 4.39 Å². The van der Waals surface area contributed by atoms with Gasteiger partial charge in [0.2, 0.25) is 0 Å². The van der Waals surface area contributed by atoms with Gasteiger partial charge in [-0.15, -0.1) is 0 Å². The fourth-order valence-electron chi connectivity index (χ4n) is 2.06. The molecule has 1 aromatic rings. The molecule has 19 heavy (non-hydrogen) atoms. The van der Waals surface area contributed by atoms with E-state index in [0.717, 1.165) is 0 Å². The first-order chi connectivity index (χ1) is 8.99. The fraction of sp³-hybridized carbons (Fsp3) is 0.286. The Kier molecular flexibility index (Phi) is 3.64. The van der Waals surface area contributed by atoms with Crippen LogP contribution in [0.1, 0.15) is 22.3 Å². The maximum absolute atomic E-state index is 13.8. The van der Waals surface area contributed by atoms with Crippen LogP contribution < -0.4 is 5.32 Å². The minimum absolute atomic E-state index is 0.0211. The number of carbonyl (C=O) groups is 2. The number of carbonyl (C=O) groups excluding carboxylic acids is 1. The van der Waals surface area contributed by atoms with Gasteiger partial charge in [-0.2, -0.15) is 0 Å². The van der Waals surface area contributed by atoms with Gasteiger partial charge in [0.1, 0.15) is 5.82 Å². The molecule has 4 nitrogen and oxygen atoms in total. The van der Waals surface area contributed by atoms with Crippen LogP contribution in [0.25, 0.3) is 0 Å². The summed E-state index contributed by atoms with van der Waals surface area (Å²) in [7, 11) is 0. The number of nitrogens with one attached hydrogen (secondary N) is 1. The maximum atomic E-state index is 13.8. The first-order valence-corrected chi connectivity index (χ1v) is 5.96. The van der Waals surface area contributed by atoms with Crippen molar-refractivity contribution in [2.24, 2.45) is 5.92 Å². The lowest BCUT2D eigenvalue weighted by molar-refractivity contribution is -0.140. The van der Waals surface area contributed by atoms with E-state index in [1.165, 1.54) is 6.07 Å². The predicted octanol–water partition coefficient (Wildman–Crippen LogP) is 1.89. The summed E-state index contributed by atoms with van der Waals surface area (Å²) in [5.41, 5.74) is 0.380. The minimum atomic E-state index is -0.922. The summed E-state index contributed by atoms with van der Waals surface area (Å²) in [6.45, 7) is 1.59. The monoisotopic (exact) mass is 263 g/mol. The third-order valence-corrected chi connectivity index (χ3v) is 3.15. The summed E-state index contributed by atoms with van der Waals surface area (Å²) in [5.74, 6) is -2.58. The van der Waals surface area contributed by atoms with E-state index in [4.69, 9.17) is 5.11 Å². The van der Waals surface area contributed by atoms with Crippen LogP contribution in [0, 0.1) is 18.7 Å². The number of hydrogen-bond acceptors (Lipinski definition) is 2. The van der Waals surface area contributed by atoms with Gasteiger partial charge in [0.15, 0.2) is 0 Å². The molecule has 5 heteroatoms. The zero-order valence-electron chi connectivity index (χ0n) is 10.4. The highest BCUT2D eigenvalue weighted by atomic mass is 19.1. The number of benzene rings is 1. The smallest absolute Gasteiger partial charge is 0.310 e. The molecule has 0 heterocycles. The lowest BCUT2D eigenvalue weighted by atomic mass is 10.1. The van der Waals surface area contributed by atoms with Crippen LogP contribution in [0.15, 0.2) is 30.4 Å². The lowest BCUT2D eigenvalue weighted by Gasteiger charge is -2.13. The van der Waals surface area contributed by atoms with E-state index in [0.29, 0.717) is 12.0 Å². The number of carboxylic acids is 1. The number of aliphatic carboxylic acids is 1. The number of halogens is 1. The number of aryl methyl sites for hydroxylation is 1. The fourth-order valence-corrected chi connectivity index (χ4v) is 2.06. The Hall–Kier alpha value is -2.17. The van der Waals surface area contributed by atoms with E-state index < -0.39 is 23.6 Å². The molecular weight excluding hydrogens is 249 g/mol. The average Bonchev–Trinajstić information content (AvgIpc) is 2.81. The Labute approximate surface area is 109 Å². The van der Waals surface area contributed by atoms with Crippen molar-refractivity contribution in [1.29, 1.82) is 0 Å². The number of carboxylic acid groups (broad SMARTS) is 1. The predicted molar refractivity (Wildman–Crippen MR) is 67.3 cm³/mol. The molecule has 0 aromatic heterocycles. The molecular formula is C14H14FNO3. The second-order valence-corrected chi connectivity index (χ2v) is 4.58. The largest absolute Gasteiger partial charge is 0.481 e. The summed E-state index contributed by atoms with van der Waals surface area (Å²) in [4.78, 5) is 22.7. The molecule has 0 aliphatic heterocycles.